The van der Waals surface area contributed by atoms with Gasteiger partial charge in [0.25, 0.3) is 0 Å². The molecule has 1 aliphatic heterocycles. The maximum Gasteiger partial charge on any atom is 0.150 e. The monoisotopic (exact) mass is 258 g/mol. The van der Waals surface area contributed by atoms with E-state index in [2.05, 4.69) is 10.5 Å². The fourth-order valence-electron chi connectivity index (χ4n) is 2.19. The van der Waals surface area contributed by atoms with Gasteiger partial charge in [-0.25, -0.2) is 8.42 Å². The summed E-state index contributed by atoms with van der Waals surface area (Å²) in [6.07, 6.45) is 0.775. The molecule has 0 aliphatic carbocycles. The van der Waals surface area contributed by atoms with E-state index in [1.807, 2.05) is 13.8 Å². The number of hydrogen-bond acceptors (Lipinski definition) is 5. The number of hydrogen-bond donors (Lipinski definition) is 1. The second kappa shape index (κ2) is 4.78. The van der Waals surface area contributed by atoms with Crippen LogP contribution >= 0.6 is 0 Å². The average Bonchev–Trinajstić information content (AvgIpc) is 2.74. The molecule has 6 heteroatoms. The highest BCUT2D eigenvalue weighted by Gasteiger charge is 2.27. The minimum atomic E-state index is -2.77. The molecule has 1 N–H and O–H groups in total. The van der Waals surface area contributed by atoms with Gasteiger partial charge in [0.1, 0.15) is 5.76 Å². The van der Waals surface area contributed by atoms with Gasteiger partial charge in [0.05, 0.1) is 17.2 Å². The first-order valence-electron chi connectivity index (χ1n) is 5.81. The average molecular weight is 258 g/mol. The number of aromatic nitrogens is 1. The number of aryl methyl sites for hydroxylation is 2. The Hall–Kier alpha value is -0.880. The summed E-state index contributed by atoms with van der Waals surface area (Å²) in [6.45, 7) is 5.23. The third-order valence-electron chi connectivity index (χ3n) is 3.24. The smallest absolute Gasteiger partial charge is 0.150 e. The lowest BCUT2D eigenvalue weighted by molar-refractivity contribution is 0.391. The highest BCUT2D eigenvalue weighted by molar-refractivity contribution is 7.91. The molecular formula is C11H18N2O3S. The minimum absolute atomic E-state index is 0.250. The largest absolute Gasteiger partial charge is 0.361 e. The molecule has 1 saturated heterocycles. The third-order valence-corrected chi connectivity index (χ3v) is 5.08. The number of sulfone groups is 1. The summed E-state index contributed by atoms with van der Waals surface area (Å²) in [4.78, 5) is 0. The zero-order chi connectivity index (χ0) is 12.5. The maximum atomic E-state index is 11.3. The van der Waals surface area contributed by atoms with E-state index >= 15 is 0 Å². The standard InChI is InChI=1S/C11H18N2O3S/c1-8-11(9(2)16-13-8)6-12-5-10-3-4-17(14,15)7-10/h10,12H,3-7H2,1-2H3/t10-/m0/s1. The van der Waals surface area contributed by atoms with Gasteiger partial charge in [-0.05, 0) is 32.7 Å². The molecule has 5 nitrogen and oxygen atoms in total. The molecule has 1 fully saturated rings. The van der Waals surface area contributed by atoms with Crippen molar-refractivity contribution in [1.82, 2.24) is 10.5 Å². The van der Waals surface area contributed by atoms with Gasteiger partial charge in [0, 0.05) is 12.1 Å². The van der Waals surface area contributed by atoms with Crippen molar-refractivity contribution >= 4 is 9.84 Å². The molecule has 1 atom stereocenters. The molecular weight excluding hydrogens is 240 g/mol. The van der Waals surface area contributed by atoms with Crippen molar-refractivity contribution in [2.24, 2.45) is 5.92 Å². The molecule has 0 unspecified atom stereocenters. The van der Waals surface area contributed by atoms with Crippen LogP contribution in [0.2, 0.25) is 0 Å². The lowest BCUT2D eigenvalue weighted by Gasteiger charge is -2.08. The van der Waals surface area contributed by atoms with Crippen LogP contribution in [0.15, 0.2) is 4.52 Å². The molecule has 1 aromatic heterocycles. The molecule has 0 radical (unpaired) electrons. The first kappa shape index (κ1) is 12.6. The fraction of sp³-hybridized carbons (Fsp3) is 0.727. The van der Waals surface area contributed by atoms with Crippen molar-refractivity contribution in [1.29, 1.82) is 0 Å². The van der Waals surface area contributed by atoms with E-state index in [9.17, 15) is 8.42 Å². The second-order valence-electron chi connectivity index (χ2n) is 4.70. The summed E-state index contributed by atoms with van der Waals surface area (Å²) in [6, 6.07) is 0. The van der Waals surface area contributed by atoms with E-state index in [-0.39, 0.29) is 5.92 Å². The molecule has 2 rings (SSSR count). The highest BCUT2D eigenvalue weighted by atomic mass is 32.2. The quantitative estimate of drug-likeness (QED) is 0.865. The van der Waals surface area contributed by atoms with Crippen LogP contribution in [-0.2, 0) is 16.4 Å². The van der Waals surface area contributed by atoms with Crippen LogP contribution in [0, 0.1) is 19.8 Å². The predicted octanol–water partition coefficient (Wildman–Crippen LogP) is 0.816. The summed E-state index contributed by atoms with van der Waals surface area (Å²) < 4.78 is 27.6. The number of rotatable bonds is 4. The molecule has 17 heavy (non-hydrogen) atoms. The van der Waals surface area contributed by atoms with Crippen LogP contribution in [0.5, 0.6) is 0 Å². The zero-order valence-corrected chi connectivity index (χ0v) is 11.0. The van der Waals surface area contributed by atoms with E-state index < -0.39 is 9.84 Å². The molecule has 1 aliphatic rings. The minimum Gasteiger partial charge on any atom is -0.361 e. The van der Waals surface area contributed by atoms with Gasteiger partial charge in [-0.15, -0.1) is 0 Å². The Morgan fingerprint density at radius 2 is 2.24 bits per heavy atom. The number of nitrogens with zero attached hydrogens (tertiary/aromatic N) is 1. The second-order valence-corrected chi connectivity index (χ2v) is 6.93. The lowest BCUT2D eigenvalue weighted by Crippen LogP contribution is -2.23. The van der Waals surface area contributed by atoms with Gasteiger partial charge in [0.2, 0.25) is 0 Å². The maximum absolute atomic E-state index is 11.3. The Balaban J connectivity index is 1.81. The Labute approximate surface area is 101 Å². The molecule has 0 saturated carbocycles. The van der Waals surface area contributed by atoms with Crippen LogP contribution in [0.4, 0.5) is 0 Å². The van der Waals surface area contributed by atoms with Gasteiger partial charge in [-0.2, -0.15) is 0 Å². The molecule has 96 valence electrons. The fourth-order valence-corrected chi connectivity index (χ4v) is 4.05. The van der Waals surface area contributed by atoms with Gasteiger partial charge >= 0.3 is 0 Å². The molecule has 0 bridgehead atoms. The van der Waals surface area contributed by atoms with E-state index in [0.717, 1.165) is 30.0 Å². The summed E-state index contributed by atoms with van der Waals surface area (Å²) in [5.74, 6) is 1.74. The Morgan fingerprint density at radius 1 is 1.47 bits per heavy atom. The van der Waals surface area contributed by atoms with E-state index in [4.69, 9.17) is 4.52 Å². The van der Waals surface area contributed by atoms with Gasteiger partial charge in [-0.3, -0.25) is 0 Å². The SMILES string of the molecule is Cc1noc(C)c1CNC[C@@H]1CCS(=O)(=O)C1. The zero-order valence-electron chi connectivity index (χ0n) is 10.2. The number of nitrogens with one attached hydrogen (secondary N) is 1. The molecule has 1 aromatic rings. The third kappa shape index (κ3) is 3.07. The van der Waals surface area contributed by atoms with Crippen molar-refractivity contribution in [3.05, 3.63) is 17.0 Å². The van der Waals surface area contributed by atoms with Crippen molar-refractivity contribution < 1.29 is 12.9 Å². The van der Waals surface area contributed by atoms with E-state index in [0.29, 0.717) is 18.1 Å². The summed E-state index contributed by atoms with van der Waals surface area (Å²) in [7, 11) is -2.77. The first-order valence-corrected chi connectivity index (χ1v) is 7.63. The predicted molar refractivity (Wildman–Crippen MR) is 64.4 cm³/mol. The molecule has 0 spiro atoms. The van der Waals surface area contributed by atoms with E-state index in [1.54, 1.807) is 0 Å². The van der Waals surface area contributed by atoms with Crippen molar-refractivity contribution in [2.45, 2.75) is 26.8 Å². The van der Waals surface area contributed by atoms with Crippen molar-refractivity contribution in [3.8, 4) is 0 Å². The summed E-state index contributed by atoms with van der Waals surface area (Å²) in [5, 5.41) is 7.16. The van der Waals surface area contributed by atoms with Crippen LogP contribution in [0.25, 0.3) is 0 Å². The summed E-state index contributed by atoms with van der Waals surface area (Å²) >= 11 is 0. The van der Waals surface area contributed by atoms with Crippen LogP contribution in [0.1, 0.15) is 23.4 Å². The normalized spacial score (nSPS) is 23.1. The molecule has 0 amide bonds. The van der Waals surface area contributed by atoms with Gasteiger partial charge in [0.15, 0.2) is 9.84 Å². The first-order chi connectivity index (χ1) is 7.98. The highest BCUT2D eigenvalue weighted by Crippen LogP contribution is 2.18. The lowest BCUT2D eigenvalue weighted by atomic mass is 10.1. The van der Waals surface area contributed by atoms with Gasteiger partial charge < -0.3 is 9.84 Å². The Morgan fingerprint density at radius 3 is 2.76 bits per heavy atom. The van der Waals surface area contributed by atoms with Crippen LogP contribution in [-0.4, -0.2) is 31.6 Å². The van der Waals surface area contributed by atoms with Crippen molar-refractivity contribution in [3.63, 3.8) is 0 Å². The van der Waals surface area contributed by atoms with Crippen LogP contribution in [0.3, 0.4) is 0 Å². The Kier molecular flexibility index (Phi) is 3.53. The van der Waals surface area contributed by atoms with E-state index in [1.165, 1.54) is 0 Å². The molecule has 0 aromatic carbocycles. The van der Waals surface area contributed by atoms with Crippen LogP contribution < -0.4 is 5.32 Å². The summed E-state index contributed by atoms with van der Waals surface area (Å²) in [5.41, 5.74) is 1.97. The molecule has 2 heterocycles. The topological polar surface area (TPSA) is 72.2 Å². The van der Waals surface area contributed by atoms with Crippen molar-refractivity contribution in [2.75, 3.05) is 18.1 Å². The Bertz CT molecular complexity index is 473. The van der Waals surface area contributed by atoms with Gasteiger partial charge in [-0.1, -0.05) is 5.16 Å².